The van der Waals surface area contributed by atoms with Crippen molar-refractivity contribution < 1.29 is 14.9 Å². The minimum Gasteiger partial charge on any atom is -0.496 e. The molecule has 0 aliphatic rings. The fraction of sp³-hybridized carbons (Fsp3) is 0.538. The molecule has 1 aromatic carbocycles. The second-order valence-electron chi connectivity index (χ2n) is 4.25. The van der Waals surface area contributed by atoms with Crippen molar-refractivity contribution in [3.63, 3.8) is 0 Å². The van der Waals surface area contributed by atoms with E-state index < -0.39 is 0 Å². The predicted octanol–water partition coefficient (Wildman–Crippen LogP) is 0.789. The van der Waals surface area contributed by atoms with E-state index in [2.05, 4.69) is 6.07 Å². The SMILES string of the molecule is COc1ccc(C)cc1CN(C)C(CO)CO. The lowest BCUT2D eigenvalue weighted by molar-refractivity contribution is 0.0868. The summed E-state index contributed by atoms with van der Waals surface area (Å²) >= 11 is 0. The number of nitrogens with zero attached hydrogens (tertiary/aromatic N) is 1. The smallest absolute Gasteiger partial charge is 0.123 e. The van der Waals surface area contributed by atoms with E-state index in [1.807, 2.05) is 31.0 Å². The van der Waals surface area contributed by atoms with Crippen LogP contribution in [0.4, 0.5) is 0 Å². The zero-order valence-electron chi connectivity index (χ0n) is 10.7. The Morgan fingerprint density at radius 2 is 1.94 bits per heavy atom. The number of benzene rings is 1. The van der Waals surface area contributed by atoms with Gasteiger partial charge in [-0.3, -0.25) is 4.90 Å². The first-order valence-electron chi connectivity index (χ1n) is 5.67. The van der Waals surface area contributed by atoms with Crippen LogP contribution in [0.25, 0.3) is 0 Å². The average molecular weight is 239 g/mol. The maximum absolute atomic E-state index is 9.12. The highest BCUT2D eigenvalue weighted by molar-refractivity contribution is 5.36. The molecule has 0 aliphatic carbocycles. The number of aliphatic hydroxyl groups excluding tert-OH is 2. The standard InChI is InChI=1S/C13H21NO3/c1-10-4-5-13(17-3)11(6-10)7-14(2)12(8-15)9-16/h4-6,12,15-16H,7-9H2,1-3H3. The van der Waals surface area contributed by atoms with Crippen LogP contribution in [0.2, 0.25) is 0 Å². The quantitative estimate of drug-likeness (QED) is 0.770. The molecule has 0 saturated heterocycles. The van der Waals surface area contributed by atoms with E-state index in [1.54, 1.807) is 7.11 Å². The van der Waals surface area contributed by atoms with Gasteiger partial charge >= 0.3 is 0 Å². The molecule has 0 aliphatic heterocycles. The number of likely N-dealkylation sites (N-methyl/N-ethyl adjacent to an activating group) is 1. The van der Waals surface area contributed by atoms with E-state index in [9.17, 15) is 0 Å². The number of methoxy groups -OCH3 is 1. The van der Waals surface area contributed by atoms with Crippen LogP contribution in [0, 0.1) is 6.92 Å². The third kappa shape index (κ3) is 3.70. The molecule has 0 saturated carbocycles. The zero-order valence-corrected chi connectivity index (χ0v) is 10.7. The Balaban J connectivity index is 2.82. The van der Waals surface area contributed by atoms with Gasteiger partial charge in [0.15, 0.2) is 0 Å². The highest BCUT2D eigenvalue weighted by atomic mass is 16.5. The van der Waals surface area contributed by atoms with Crippen molar-refractivity contribution in [3.05, 3.63) is 29.3 Å². The van der Waals surface area contributed by atoms with Gasteiger partial charge in [-0.2, -0.15) is 0 Å². The van der Waals surface area contributed by atoms with Crippen LogP contribution in [0.5, 0.6) is 5.75 Å². The Labute approximate surface area is 102 Å². The second kappa shape index (κ2) is 6.59. The molecule has 1 rings (SSSR count). The van der Waals surface area contributed by atoms with Gasteiger partial charge in [-0.05, 0) is 20.0 Å². The molecule has 0 bridgehead atoms. The van der Waals surface area contributed by atoms with Crippen molar-refractivity contribution in [2.45, 2.75) is 19.5 Å². The van der Waals surface area contributed by atoms with Gasteiger partial charge in [0.25, 0.3) is 0 Å². The minimum absolute atomic E-state index is 0.0544. The van der Waals surface area contributed by atoms with Crippen LogP contribution < -0.4 is 4.74 Å². The van der Waals surface area contributed by atoms with Gasteiger partial charge in [-0.1, -0.05) is 17.7 Å². The molecule has 4 nitrogen and oxygen atoms in total. The first-order chi connectivity index (χ1) is 8.12. The molecule has 0 unspecified atom stereocenters. The fourth-order valence-electron chi connectivity index (χ4n) is 1.77. The number of aryl methyl sites for hydroxylation is 1. The molecule has 0 atom stereocenters. The highest BCUT2D eigenvalue weighted by Gasteiger charge is 2.14. The van der Waals surface area contributed by atoms with Crippen LogP contribution in [0.3, 0.4) is 0 Å². The monoisotopic (exact) mass is 239 g/mol. The Kier molecular flexibility index (Phi) is 5.41. The molecule has 1 aromatic rings. The molecule has 17 heavy (non-hydrogen) atoms. The highest BCUT2D eigenvalue weighted by Crippen LogP contribution is 2.21. The largest absolute Gasteiger partial charge is 0.496 e. The number of ether oxygens (including phenoxy) is 1. The molecule has 2 N–H and O–H groups in total. The van der Waals surface area contributed by atoms with Crippen LogP contribution in [-0.2, 0) is 6.54 Å². The first kappa shape index (κ1) is 14.0. The van der Waals surface area contributed by atoms with Gasteiger partial charge in [0, 0.05) is 12.1 Å². The summed E-state index contributed by atoms with van der Waals surface area (Å²) in [6, 6.07) is 5.75. The molecule has 0 aromatic heterocycles. The second-order valence-corrected chi connectivity index (χ2v) is 4.25. The molecule has 0 heterocycles. The third-order valence-electron chi connectivity index (χ3n) is 2.90. The first-order valence-corrected chi connectivity index (χ1v) is 5.67. The van der Waals surface area contributed by atoms with Gasteiger partial charge in [0.05, 0.1) is 26.4 Å². The maximum Gasteiger partial charge on any atom is 0.123 e. The molecular weight excluding hydrogens is 218 g/mol. The average Bonchev–Trinajstić information content (AvgIpc) is 2.31. The summed E-state index contributed by atoms with van der Waals surface area (Å²) in [5.41, 5.74) is 2.22. The van der Waals surface area contributed by atoms with E-state index in [4.69, 9.17) is 14.9 Å². The number of rotatable bonds is 6. The van der Waals surface area contributed by atoms with E-state index in [-0.39, 0.29) is 19.3 Å². The molecule has 0 spiro atoms. The van der Waals surface area contributed by atoms with Gasteiger partial charge < -0.3 is 14.9 Å². The van der Waals surface area contributed by atoms with Crippen molar-refractivity contribution in [1.82, 2.24) is 4.90 Å². The summed E-state index contributed by atoms with van der Waals surface area (Å²) in [4.78, 5) is 1.91. The lowest BCUT2D eigenvalue weighted by Crippen LogP contribution is -2.37. The summed E-state index contributed by atoms with van der Waals surface area (Å²) in [6.45, 7) is 2.55. The predicted molar refractivity (Wildman–Crippen MR) is 67.2 cm³/mol. The summed E-state index contributed by atoms with van der Waals surface area (Å²) in [5.74, 6) is 0.831. The number of aliphatic hydroxyl groups is 2. The Bertz CT molecular complexity index is 351. The van der Waals surface area contributed by atoms with Crippen LogP contribution >= 0.6 is 0 Å². The van der Waals surface area contributed by atoms with E-state index in [0.29, 0.717) is 6.54 Å². The Hall–Kier alpha value is -1.10. The molecule has 0 radical (unpaired) electrons. The summed E-state index contributed by atoms with van der Waals surface area (Å²) in [5, 5.41) is 18.2. The van der Waals surface area contributed by atoms with E-state index in [1.165, 1.54) is 5.56 Å². The lowest BCUT2D eigenvalue weighted by atomic mass is 10.1. The summed E-state index contributed by atoms with van der Waals surface area (Å²) in [6.07, 6.45) is 0. The van der Waals surface area contributed by atoms with Crippen molar-refractivity contribution >= 4 is 0 Å². The minimum atomic E-state index is -0.236. The van der Waals surface area contributed by atoms with E-state index in [0.717, 1.165) is 11.3 Å². The van der Waals surface area contributed by atoms with Gasteiger partial charge in [-0.25, -0.2) is 0 Å². The molecule has 96 valence electrons. The maximum atomic E-state index is 9.12. The van der Waals surface area contributed by atoms with Gasteiger partial charge in [0.1, 0.15) is 5.75 Å². The fourth-order valence-corrected chi connectivity index (χ4v) is 1.77. The normalized spacial score (nSPS) is 11.2. The topological polar surface area (TPSA) is 52.9 Å². The molecule has 0 amide bonds. The van der Waals surface area contributed by atoms with Crippen LogP contribution in [0.15, 0.2) is 18.2 Å². The Morgan fingerprint density at radius 1 is 1.29 bits per heavy atom. The Morgan fingerprint density at radius 3 is 2.47 bits per heavy atom. The third-order valence-corrected chi connectivity index (χ3v) is 2.90. The zero-order chi connectivity index (χ0) is 12.8. The van der Waals surface area contributed by atoms with Crippen molar-refractivity contribution in [1.29, 1.82) is 0 Å². The lowest BCUT2D eigenvalue weighted by Gasteiger charge is -2.25. The number of hydrogen-bond donors (Lipinski definition) is 2. The summed E-state index contributed by atoms with van der Waals surface area (Å²) < 4.78 is 5.30. The van der Waals surface area contributed by atoms with Crippen molar-refractivity contribution in [3.8, 4) is 5.75 Å². The van der Waals surface area contributed by atoms with Crippen molar-refractivity contribution in [2.24, 2.45) is 0 Å². The van der Waals surface area contributed by atoms with Crippen LogP contribution in [-0.4, -0.2) is 48.5 Å². The number of hydrogen-bond acceptors (Lipinski definition) is 4. The molecule has 4 heteroatoms. The van der Waals surface area contributed by atoms with Crippen molar-refractivity contribution in [2.75, 3.05) is 27.4 Å². The molecule has 0 fully saturated rings. The summed E-state index contributed by atoms with van der Waals surface area (Å²) in [7, 11) is 3.52. The van der Waals surface area contributed by atoms with Gasteiger partial charge in [0.2, 0.25) is 0 Å². The molecular formula is C13H21NO3. The van der Waals surface area contributed by atoms with Crippen LogP contribution in [0.1, 0.15) is 11.1 Å². The van der Waals surface area contributed by atoms with Gasteiger partial charge in [-0.15, -0.1) is 0 Å². The van der Waals surface area contributed by atoms with E-state index >= 15 is 0 Å².